The Morgan fingerprint density at radius 2 is 2.35 bits per heavy atom. The molecule has 0 bridgehead atoms. The van der Waals surface area contributed by atoms with Crippen LogP contribution >= 0.6 is 0 Å². The van der Waals surface area contributed by atoms with E-state index < -0.39 is 0 Å². The maximum absolute atomic E-state index is 12.2. The van der Waals surface area contributed by atoms with Crippen molar-refractivity contribution in [3.05, 3.63) is 17.5 Å². The Morgan fingerprint density at radius 3 is 3.17 bits per heavy atom. The van der Waals surface area contributed by atoms with Crippen molar-refractivity contribution in [3.8, 4) is 0 Å². The quantitative estimate of drug-likeness (QED) is 0.873. The van der Waals surface area contributed by atoms with Crippen molar-refractivity contribution in [2.45, 2.75) is 69.7 Å². The molecule has 0 unspecified atom stereocenters. The molecule has 2 aliphatic heterocycles. The minimum atomic E-state index is 0.0773. The predicted molar refractivity (Wildman–Crippen MR) is 86.0 cm³/mol. The van der Waals surface area contributed by atoms with Crippen LogP contribution < -0.4 is 10.6 Å². The summed E-state index contributed by atoms with van der Waals surface area (Å²) in [5.74, 6) is 0.123. The molecule has 6 nitrogen and oxygen atoms in total. The first-order valence-corrected chi connectivity index (χ1v) is 8.92. The number of hydrogen-bond donors (Lipinski definition) is 2. The lowest BCUT2D eigenvalue weighted by atomic mass is 9.96. The van der Waals surface area contributed by atoms with Crippen LogP contribution in [0.1, 0.15) is 49.9 Å². The topological polar surface area (TPSA) is 68.2 Å². The van der Waals surface area contributed by atoms with Gasteiger partial charge in [-0.3, -0.25) is 9.48 Å². The van der Waals surface area contributed by atoms with E-state index in [9.17, 15) is 4.79 Å². The maximum atomic E-state index is 12.2. The minimum Gasteiger partial charge on any atom is -0.373 e. The number of aromatic nitrogens is 2. The summed E-state index contributed by atoms with van der Waals surface area (Å²) in [5, 5.41) is 11.1. The Kier molecular flexibility index (Phi) is 4.11. The average Bonchev–Trinajstić information content (AvgIpc) is 3.26. The zero-order chi connectivity index (χ0) is 15.7. The van der Waals surface area contributed by atoms with Gasteiger partial charge in [0.15, 0.2) is 0 Å². The highest BCUT2D eigenvalue weighted by atomic mass is 16.5. The van der Waals surface area contributed by atoms with E-state index in [1.54, 1.807) is 0 Å². The summed E-state index contributed by atoms with van der Waals surface area (Å²) in [5.41, 5.74) is 2.32. The number of ether oxygens (including phenoxy) is 1. The van der Waals surface area contributed by atoms with Gasteiger partial charge in [-0.1, -0.05) is 12.8 Å². The molecule has 1 atom stereocenters. The van der Waals surface area contributed by atoms with Crippen molar-refractivity contribution in [1.82, 2.24) is 20.4 Å². The Balaban J connectivity index is 1.25. The summed E-state index contributed by atoms with van der Waals surface area (Å²) in [4.78, 5) is 12.2. The summed E-state index contributed by atoms with van der Waals surface area (Å²) in [7, 11) is 0. The molecule has 0 radical (unpaired) electrons. The molecule has 3 heterocycles. The van der Waals surface area contributed by atoms with Gasteiger partial charge >= 0.3 is 0 Å². The number of aryl methyl sites for hydroxylation is 1. The van der Waals surface area contributed by atoms with Crippen molar-refractivity contribution >= 4 is 5.91 Å². The molecule has 1 spiro atoms. The van der Waals surface area contributed by atoms with Gasteiger partial charge in [0.1, 0.15) is 0 Å². The van der Waals surface area contributed by atoms with E-state index in [-0.39, 0.29) is 17.6 Å². The number of nitrogens with one attached hydrogen (secondary N) is 2. The van der Waals surface area contributed by atoms with Crippen molar-refractivity contribution < 1.29 is 9.53 Å². The first-order chi connectivity index (χ1) is 11.2. The van der Waals surface area contributed by atoms with E-state index in [4.69, 9.17) is 4.74 Å². The second-order valence-electron chi connectivity index (χ2n) is 7.20. The zero-order valence-corrected chi connectivity index (χ0v) is 13.6. The van der Waals surface area contributed by atoms with Crippen LogP contribution in [0, 0.1) is 0 Å². The molecule has 23 heavy (non-hydrogen) atoms. The Labute approximate surface area is 137 Å². The van der Waals surface area contributed by atoms with E-state index in [1.807, 2.05) is 0 Å². The molecule has 3 aliphatic rings. The number of fused-ring (bicyclic) bond motifs is 1. The minimum absolute atomic E-state index is 0.0773. The van der Waals surface area contributed by atoms with Crippen molar-refractivity contribution in [2.24, 2.45) is 0 Å². The third kappa shape index (κ3) is 3.28. The summed E-state index contributed by atoms with van der Waals surface area (Å²) >= 11 is 0. The van der Waals surface area contributed by atoms with Crippen LogP contribution in [0.4, 0.5) is 0 Å². The number of carbonyl (C=O) groups is 1. The van der Waals surface area contributed by atoms with Gasteiger partial charge in [-0.15, -0.1) is 0 Å². The van der Waals surface area contributed by atoms with Crippen molar-refractivity contribution in [1.29, 1.82) is 0 Å². The molecule has 6 heteroatoms. The average molecular weight is 318 g/mol. The fourth-order valence-electron chi connectivity index (χ4n) is 4.22. The summed E-state index contributed by atoms with van der Waals surface area (Å²) in [6.45, 7) is 3.44. The van der Waals surface area contributed by atoms with Gasteiger partial charge < -0.3 is 15.4 Å². The number of amides is 1. The van der Waals surface area contributed by atoms with Crippen molar-refractivity contribution in [3.63, 3.8) is 0 Å². The molecule has 2 fully saturated rings. The molecular weight excluding hydrogens is 292 g/mol. The van der Waals surface area contributed by atoms with Crippen LogP contribution in [0.15, 0.2) is 6.07 Å². The molecule has 1 aromatic rings. The first-order valence-electron chi connectivity index (χ1n) is 8.92. The predicted octanol–water partition coefficient (Wildman–Crippen LogP) is 1.14. The van der Waals surface area contributed by atoms with Gasteiger partial charge in [0.05, 0.1) is 36.2 Å². The fourth-order valence-corrected chi connectivity index (χ4v) is 4.22. The standard InChI is InChI=1S/C17H26N4O2/c22-16(19-14-10-17(23-12-14)5-1-2-6-17)4-3-13-9-15-11-18-7-8-21(15)20-13/h9,14,18H,1-8,10-12H2,(H,19,22)/t14-/m0/s1. The monoisotopic (exact) mass is 318 g/mol. The summed E-state index contributed by atoms with van der Waals surface area (Å²) in [6.07, 6.45) is 7.06. The van der Waals surface area contributed by atoms with Gasteiger partial charge in [-0.05, 0) is 25.3 Å². The number of nitrogens with zero attached hydrogens (tertiary/aromatic N) is 2. The van der Waals surface area contributed by atoms with Crippen molar-refractivity contribution in [2.75, 3.05) is 13.2 Å². The highest BCUT2D eigenvalue weighted by Gasteiger charge is 2.42. The lowest BCUT2D eigenvalue weighted by molar-refractivity contribution is -0.121. The zero-order valence-electron chi connectivity index (χ0n) is 13.6. The highest BCUT2D eigenvalue weighted by Crippen LogP contribution is 2.40. The molecule has 1 amide bonds. The number of hydrogen-bond acceptors (Lipinski definition) is 4. The third-order valence-electron chi connectivity index (χ3n) is 5.42. The molecule has 0 aromatic carbocycles. The van der Waals surface area contributed by atoms with E-state index in [1.165, 1.54) is 18.5 Å². The SMILES string of the molecule is O=C(CCc1cc2n(n1)CCNC2)N[C@@H]1COC2(CCCC2)C1. The summed E-state index contributed by atoms with van der Waals surface area (Å²) < 4.78 is 8.05. The first kappa shape index (κ1) is 15.1. The maximum Gasteiger partial charge on any atom is 0.220 e. The van der Waals surface area contributed by atoms with E-state index in [2.05, 4.69) is 26.5 Å². The smallest absolute Gasteiger partial charge is 0.220 e. The number of rotatable bonds is 4. The lowest BCUT2D eigenvalue weighted by Crippen LogP contribution is -2.36. The molecular formula is C17H26N4O2. The van der Waals surface area contributed by atoms with Crippen LogP contribution in [0.25, 0.3) is 0 Å². The molecule has 1 saturated carbocycles. The van der Waals surface area contributed by atoms with E-state index in [0.29, 0.717) is 19.4 Å². The molecule has 2 N–H and O–H groups in total. The Morgan fingerprint density at radius 1 is 1.48 bits per heavy atom. The van der Waals surface area contributed by atoms with Crippen LogP contribution in [0.5, 0.6) is 0 Å². The molecule has 1 aromatic heterocycles. The van der Waals surface area contributed by atoms with Crippen LogP contribution in [-0.2, 0) is 29.0 Å². The van der Waals surface area contributed by atoms with Gasteiger partial charge in [0.25, 0.3) is 0 Å². The third-order valence-corrected chi connectivity index (χ3v) is 5.42. The largest absolute Gasteiger partial charge is 0.373 e. The normalized spacial score (nSPS) is 25.7. The second-order valence-corrected chi connectivity index (χ2v) is 7.20. The lowest BCUT2D eigenvalue weighted by Gasteiger charge is -2.21. The van der Waals surface area contributed by atoms with E-state index in [0.717, 1.165) is 44.6 Å². The van der Waals surface area contributed by atoms with Gasteiger partial charge in [0, 0.05) is 25.9 Å². The summed E-state index contributed by atoms with van der Waals surface area (Å²) in [6, 6.07) is 2.31. The number of carbonyl (C=O) groups excluding carboxylic acids is 1. The highest BCUT2D eigenvalue weighted by molar-refractivity contribution is 5.76. The second kappa shape index (κ2) is 6.24. The van der Waals surface area contributed by atoms with Gasteiger partial charge in [-0.2, -0.15) is 5.10 Å². The Hall–Kier alpha value is -1.40. The fraction of sp³-hybridized carbons (Fsp3) is 0.765. The van der Waals surface area contributed by atoms with Crippen LogP contribution in [0.2, 0.25) is 0 Å². The van der Waals surface area contributed by atoms with Gasteiger partial charge in [-0.25, -0.2) is 0 Å². The van der Waals surface area contributed by atoms with E-state index >= 15 is 0 Å². The Bertz CT molecular complexity index is 554. The molecule has 4 rings (SSSR count). The van der Waals surface area contributed by atoms with Crippen LogP contribution in [-0.4, -0.2) is 40.5 Å². The molecule has 126 valence electrons. The van der Waals surface area contributed by atoms with Crippen LogP contribution in [0.3, 0.4) is 0 Å². The molecule has 1 saturated heterocycles. The molecule has 1 aliphatic carbocycles. The van der Waals surface area contributed by atoms with Gasteiger partial charge in [0.2, 0.25) is 5.91 Å².